The van der Waals surface area contributed by atoms with Crippen molar-refractivity contribution in [3.8, 4) is 0 Å². The number of nitrogens with two attached hydrogens (primary N) is 1. The molecule has 114 valence electrons. The fourth-order valence-electron chi connectivity index (χ4n) is 4.22. The second-order valence-electron chi connectivity index (χ2n) is 6.99. The van der Waals surface area contributed by atoms with Crippen LogP contribution in [-0.2, 0) is 0 Å². The number of likely N-dealkylation sites (N-methyl/N-ethyl adjacent to an activating group) is 2. The molecule has 1 fully saturated rings. The Morgan fingerprint density at radius 2 is 1.95 bits per heavy atom. The minimum Gasteiger partial charge on any atom is -0.329 e. The van der Waals surface area contributed by atoms with Gasteiger partial charge in [0.25, 0.3) is 0 Å². The van der Waals surface area contributed by atoms with Crippen molar-refractivity contribution in [3.05, 3.63) is 0 Å². The van der Waals surface area contributed by atoms with Gasteiger partial charge < -0.3 is 10.6 Å². The fourth-order valence-corrected chi connectivity index (χ4v) is 4.22. The molecule has 0 bridgehead atoms. The average molecular weight is 269 g/mol. The molecule has 4 unspecified atom stereocenters. The lowest BCUT2D eigenvalue weighted by molar-refractivity contribution is -0.0266. The molecule has 3 nitrogen and oxygen atoms in total. The normalized spacial score (nSPS) is 33.9. The molecule has 0 aromatic rings. The van der Waals surface area contributed by atoms with Gasteiger partial charge in [0.15, 0.2) is 0 Å². The summed E-state index contributed by atoms with van der Waals surface area (Å²) in [7, 11) is 4.32. The first-order chi connectivity index (χ1) is 8.87. The maximum atomic E-state index is 6.26. The molecule has 0 heterocycles. The van der Waals surface area contributed by atoms with Crippen molar-refractivity contribution < 1.29 is 0 Å². The number of rotatable bonds is 6. The third kappa shape index (κ3) is 3.71. The molecule has 1 saturated carbocycles. The second kappa shape index (κ2) is 7.05. The first kappa shape index (κ1) is 16.9. The van der Waals surface area contributed by atoms with Crippen LogP contribution >= 0.6 is 0 Å². The van der Waals surface area contributed by atoms with E-state index in [0.29, 0.717) is 12.0 Å². The molecule has 0 amide bonds. The first-order valence-corrected chi connectivity index (χ1v) is 7.98. The standard InChI is InChI=1S/C16H35N3/c1-7-19(15(4)11-18(5)6)16(12-17)9-8-13(2)10-14(16)3/h13-15H,7-12,17H2,1-6H3. The van der Waals surface area contributed by atoms with Crippen LogP contribution in [0.15, 0.2) is 0 Å². The average Bonchev–Trinajstić information content (AvgIpc) is 2.32. The molecule has 1 aliphatic carbocycles. The van der Waals surface area contributed by atoms with E-state index in [1.54, 1.807) is 0 Å². The highest BCUT2D eigenvalue weighted by Crippen LogP contribution is 2.41. The summed E-state index contributed by atoms with van der Waals surface area (Å²) in [5, 5.41) is 0. The summed E-state index contributed by atoms with van der Waals surface area (Å²) in [5.74, 6) is 1.56. The van der Waals surface area contributed by atoms with E-state index < -0.39 is 0 Å². The second-order valence-corrected chi connectivity index (χ2v) is 6.99. The third-order valence-corrected chi connectivity index (χ3v) is 5.17. The van der Waals surface area contributed by atoms with Gasteiger partial charge in [0.2, 0.25) is 0 Å². The Morgan fingerprint density at radius 1 is 1.32 bits per heavy atom. The summed E-state index contributed by atoms with van der Waals surface area (Å²) in [6.07, 6.45) is 3.91. The van der Waals surface area contributed by atoms with Crippen LogP contribution in [0, 0.1) is 11.8 Å². The highest BCUT2D eigenvalue weighted by atomic mass is 15.3. The Morgan fingerprint density at radius 3 is 2.37 bits per heavy atom. The van der Waals surface area contributed by atoms with Gasteiger partial charge in [0, 0.05) is 24.7 Å². The topological polar surface area (TPSA) is 32.5 Å². The van der Waals surface area contributed by atoms with Gasteiger partial charge in [-0.2, -0.15) is 0 Å². The van der Waals surface area contributed by atoms with E-state index in [0.717, 1.165) is 25.6 Å². The van der Waals surface area contributed by atoms with Crippen LogP contribution in [0.2, 0.25) is 0 Å². The fraction of sp³-hybridized carbons (Fsp3) is 1.00. The minimum absolute atomic E-state index is 0.219. The van der Waals surface area contributed by atoms with Crippen LogP contribution in [0.1, 0.15) is 47.0 Å². The molecule has 0 spiro atoms. The van der Waals surface area contributed by atoms with Gasteiger partial charge in [-0.25, -0.2) is 0 Å². The summed E-state index contributed by atoms with van der Waals surface area (Å²) in [6, 6.07) is 0.569. The van der Waals surface area contributed by atoms with Crippen LogP contribution in [0.4, 0.5) is 0 Å². The molecular formula is C16H35N3. The summed E-state index contributed by atoms with van der Waals surface area (Å²) in [6.45, 7) is 12.4. The van der Waals surface area contributed by atoms with E-state index in [4.69, 9.17) is 5.73 Å². The Kier molecular flexibility index (Phi) is 6.28. The van der Waals surface area contributed by atoms with Gasteiger partial charge >= 0.3 is 0 Å². The first-order valence-electron chi connectivity index (χ1n) is 7.98. The van der Waals surface area contributed by atoms with Crippen LogP contribution in [-0.4, -0.2) is 55.1 Å². The lowest BCUT2D eigenvalue weighted by Gasteiger charge is -2.53. The summed E-state index contributed by atoms with van der Waals surface area (Å²) >= 11 is 0. The largest absolute Gasteiger partial charge is 0.329 e. The Bertz CT molecular complexity index is 267. The van der Waals surface area contributed by atoms with Crippen LogP contribution < -0.4 is 5.73 Å². The van der Waals surface area contributed by atoms with Crippen molar-refractivity contribution in [2.75, 3.05) is 33.7 Å². The number of nitrogens with zero attached hydrogens (tertiary/aromatic N) is 2. The van der Waals surface area contributed by atoms with Gasteiger partial charge in [-0.15, -0.1) is 0 Å². The molecule has 0 aliphatic heterocycles. The van der Waals surface area contributed by atoms with Crippen molar-refractivity contribution in [1.29, 1.82) is 0 Å². The Hall–Kier alpha value is -0.120. The minimum atomic E-state index is 0.219. The van der Waals surface area contributed by atoms with Crippen LogP contribution in [0.3, 0.4) is 0 Å². The van der Waals surface area contributed by atoms with Gasteiger partial charge in [-0.1, -0.05) is 20.8 Å². The molecule has 0 aromatic heterocycles. The molecule has 4 atom stereocenters. The molecule has 1 aliphatic rings. The molecule has 0 saturated heterocycles. The van der Waals surface area contributed by atoms with E-state index in [9.17, 15) is 0 Å². The summed E-state index contributed by atoms with van der Waals surface area (Å²) in [5.41, 5.74) is 6.48. The predicted octanol–water partition coefficient (Wildman–Crippen LogP) is 2.41. The van der Waals surface area contributed by atoms with Gasteiger partial charge in [0.1, 0.15) is 0 Å². The number of hydrogen-bond donors (Lipinski definition) is 1. The lowest BCUT2D eigenvalue weighted by Crippen LogP contribution is -2.63. The summed E-state index contributed by atoms with van der Waals surface area (Å²) < 4.78 is 0. The maximum Gasteiger partial charge on any atom is 0.0360 e. The highest BCUT2D eigenvalue weighted by Gasteiger charge is 2.44. The van der Waals surface area contributed by atoms with Crippen LogP contribution in [0.5, 0.6) is 0 Å². The van der Waals surface area contributed by atoms with E-state index in [1.807, 2.05) is 0 Å². The van der Waals surface area contributed by atoms with Crippen molar-refractivity contribution in [1.82, 2.24) is 9.80 Å². The molecule has 2 N–H and O–H groups in total. The zero-order valence-electron chi connectivity index (χ0n) is 13.9. The SMILES string of the molecule is CCN(C(C)CN(C)C)C1(CN)CCC(C)CC1C. The highest BCUT2D eigenvalue weighted by molar-refractivity contribution is 5.01. The predicted molar refractivity (Wildman–Crippen MR) is 84.4 cm³/mol. The molecule has 0 radical (unpaired) electrons. The Balaban J connectivity index is 2.90. The monoisotopic (exact) mass is 269 g/mol. The van der Waals surface area contributed by atoms with Crippen molar-refractivity contribution >= 4 is 0 Å². The molecule has 3 heteroatoms. The van der Waals surface area contributed by atoms with Crippen molar-refractivity contribution in [2.24, 2.45) is 17.6 Å². The Labute approximate surface area is 120 Å². The van der Waals surface area contributed by atoms with E-state index in [1.165, 1.54) is 19.3 Å². The molecule has 19 heavy (non-hydrogen) atoms. The summed E-state index contributed by atoms with van der Waals surface area (Å²) in [4.78, 5) is 4.97. The van der Waals surface area contributed by atoms with Crippen molar-refractivity contribution in [2.45, 2.75) is 58.5 Å². The zero-order valence-corrected chi connectivity index (χ0v) is 13.9. The van der Waals surface area contributed by atoms with Gasteiger partial charge in [-0.05, 0) is 58.7 Å². The maximum absolute atomic E-state index is 6.26. The zero-order chi connectivity index (χ0) is 14.6. The lowest BCUT2D eigenvalue weighted by atomic mass is 9.68. The quantitative estimate of drug-likeness (QED) is 0.804. The molecule has 1 rings (SSSR count). The third-order valence-electron chi connectivity index (χ3n) is 5.17. The van der Waals surface area contributed by atoms with Crippen LogP contribution in [0.25, 0.3) is 0 Å². The smallest absolute Gasteiger partial charge is 0.0360 e. The van der Waals surface area contributed by atoms with Gasteiger partial charge in [-0.3, -0.25) is 4.90 Å². The van der Waals surface area contributed by atoms with E-state index in [-0.39, 0.29) is 5.54 Å². The van der Waals surface area contributed by atoms with E-state index in [2.05, 4.69) is 51.6 Å². The number of hydrogen-bond acceptors (Lipinski definition) is 3. The molecular weight excluding hydrogens is 234 g/mol. The van der Waals surface area contributed by atoms with Gasteiger partial charge in [0.05, 0.1) is 0 Å². The van der Waals surface area contributed by atoms with E-state index >= 15 is 0 Å². The van der Waals surface area contributed by atoms with Crippen molar-refractivity contribution in [3.63, 3.8) is 0 Å². The molecule has 0 aromatic carbocycles.